The van der Waals surface area contributed by atoms with Crippen LogP contribution in [0.4, 0.5) is 0 Å². The molecule has 0 N–H and O–H groups in total. The Morgan fingerprint density at radius 1 is 1.17 bits per heavy atom. The molecule has 0 bridgehead atoms. The Labute approximate surface area is 137 Å². The average molecular weight is 306 g/mol. The van der Waals surface area contributed by atoms with E-state index in [1.807, 2.05) is 43.5 Å². The van der Waals surface area contributed by atoms with Crippen molar-refractivity contribution >= 4 is 5.78 Å². The maximum atomic E-state index is 12.7. The second-order valence-corrected chi connectivity index (χ2v) is 6.45. The third-order valence-corrected chi connectivity index (χ3v) is 4.74. The lowest BCUT2D eigenvalue weighted by Gasteiger charge is -2.25. The Morgan fingerprint density at radius 3 is 2.52 bits per heavy atom. The van der Waals surface area contributed by atoms with Crippen LogP contribution in [-0.4, -0.2) is 10.4 Å². The first-order valence-electron chi connectivity index (χ1n) is 8.38. The number of aryl methyl sites for hydroxylation is 1. The fraction of sp³-hybridized carbons (Fsp3) is 0.400. The summed E-state index contributed by atoms with van der Waals surface area (Å²) in [5, 5.41) is 9.09. The van der Waals surface area contributed by atoms with E-state index in [1.54, 1.807) is 0 Å². The Kier molecular flexibility index (Phi) is 4.62. The average Bonchev–Trinajstić information content (AvgIpc) is 3.00. The fourth-order valence-corrected chi connectivity index (χ4v) is 3.44. The highest BCUT2D eigenvalue weighted by atomic mass is 16.1. The number of nitriles is 1. The predicted molar refractivity (Wildman–Crippen MR) is 90.5 cm³/mol. The van der Waals surface area contributed by atoms with Gasteiger partial charge < -0.3 is 4.57 Å². The van der Waals surface area contributed by atoms with E-state index in [9.17, 15) is 4.79 Å². The highest BCUT2D eigenvalue weighted by Gasteiger charge is 2.20. The molecule has 23 heavy (non-hydrogen) atoms. The first-order chi connectivity index (χ1) is 11.2. The van der Waals surface area contributed by atoms with Gasteiger partial charge >= 0.3 is 0 Å². The summed E-state index contributed by atoms with van der Waals surface area (Å²) in [6.45, 7) is 2.01. The second kappa shape index (κ2) is 6.83. The van der Waals surface area contributed by atoms with Crippen LogP contribution < -0.4 is 0 Å². The zero-order chi connectivity index (χ0) is 16.2. The van der Waals surface area contributed by atoms with Gasteiger partial charge in [0.05, 0.1) is 12.5 Å². The van der Waals surface area contributed by atoms with E-state index in [1.165, 1.54) is 19.3 Å². The lowest BCUT2D eigenvalue weighted by Crippen LogP contribution is -2.14. The summed E-state index contributed by atoms with van der Waals surface area (Å²) >= 11 is 0. The van der Waals surface area contributed by atoms with Crippen molar-refractivity contribution in [1.29, 1.82) is 5.26 Å². The minimum absolute atomic E-state index is 0.0405. The molecule has 0 spiro atoms. The number of carbonyl (C=O) groups excluding carboxylic acids is 1. The number of carbonyl (C=O) groups is 1. The maximum absolute atomic E-state index is 12.7. The van der Waals surface area contributed by atoms with Crippen LogP contribution >= 0.6 is 0 Å². The number of rotatable bonds is 4. The second-order valence-electron chi connectivity index (χ2n) is 6.45. The van der Waals surface area contributed by atoms with Crippen LogP contribution in [0.3, 0.4) is 0 Å². The smallest absolute Gasteiger partial charge is 0.194 e. The van der Waals surface area contributed by atoms with E-state index in [2.05, 4.69) is 10.6 Å². The molecule has 0 unspecified atom stereocenters. The minimum Gasteiger partial charge on any atom is -0.347 e. The highest BCUT2D eigenvalue weighted by molar-refractivity contribution is 6.09. The van der Waals surface area contributed by atoms with Gasteiger partial charge in [-0.1, -0.05) is 49.1 Å². The molecule has 1 aliphatic carbocycles. The quantitative estimate of drug-likeness (QED) is 0.775. The molecule has 1 saturated carbocycles. The van der Waals surface area contributed by atoms with Gasteiger partial charge in [-0.15, -0.1) is 0 Å². The Hall–Kier alpha value is -2.34. The van der Waals surface area contributed by atoms with Crippen molar-refractivity contribution in [2.45, 2.75) is 51.5 Å². The molecular weight excluding hydrogens is 284 g/mol. The Bertz CT molecular complexity index is 728. The molecule has 3 heteroatoms. The van der Waals surface area contributed by atoms with Crippen LogP contribution in [0.5, 0.6) is 0 Å². The van der Waals surface area contributed by atoms with Gasteiger partial charge in [0.2, 0.25) is 0 Å². The van der Waals surface area contributed by atoms with Crippen LogP contribution in [-0.2, 0) is 6.42 Å². The van der Waals surface area contributed by atoms with Crippen molar-refractivity contribution in [3.8, 4) is 6.07 Å². The monoisotopic (exact) mass is 306 g/mol. The first kappa shape index (κ1) is 15.6. The maximum Gasteiger partial charge on any atom is 0.194 e. The van der Waals surface area contributed by atoms with Gasteiger partial charge in [-0.05, 0) is 25.8 Å². The van der Waals surface area contributed by atoms with Crippen LogP contribution in [0.25, 0.3) is 0 Å². The number of hydrogen-bond acceptors (Lipinski definition) is 2. The van der Waals surface area contributed by atoms with Gasteiger partial charge in [-0.3, -0.25) is 4.79 Å². The summed E-state index contributed by atoms with van der Waals surface area (Å²) in [6.07, 6.45) is 8.37. The molecule has 2 aromatic rings. The predicted octanol–water partition coefficient (Wildman–Crippen LogP) is 4.60. The molecule has 1 aliphatic rings. The standard InChI is InChI=1S/C20H22N2O/c1-15-7-9-16(10-8-15)20(23)17-13-19(11-12-21)22(14-17)18-5-3-2-4-6-18/h7-10,13-14,18H,2-6,11H2,1H3. The molecule has 1 aromatic heterocycles. The zero-order valence-corrected chi connectivity index (χ0v) is 13.6. The third kappa shape index (κ3) is 3.37. The molecule has 0 atom stereocenters. The normalized spacial score (nSPS) is 15.3. The van der Waals surface area contributed by atoms with Crippen molar-refractivity contribution in [2.75, 3.05) is 0 Å². The fourth-order valence-electron chi connectivity index (χ4n) is 3.44. The number of ketones is 1. The molecule has 0 aliphatic heterocycles. The lowest BCUT2D eigenvalue weighted by molar-refractivity contribution is 0.103. The summed E-state index contributed by atoms with van der Waals surface area (Å²) in [4.78, 5) is 12.7. The van der Waals surface area contributed by atoms with E-state index < -0.39 is 0 Å². The first-order valence-corrected chi connectivity index (χ1v) is 8.38. The molecule has 3 nitrogen and oxygen atoms in total. The molecule has 0 amide bonds. The molecular formula is C20H22N2O. The number of benzene rings is 1. The third-order valence-electron chi connectivity index (χ3n) is 4.74. The van der Waals surface area contributed by atoms with Crippen molar-refractivity contribution in [1.82, 2.24) is 4.57 Å². The van der Waals surface area contributed by atoms with Crippen LogP contribution in [0.15, 0.2) is 36.5 Å². The van der Waals surface area contributed by atoms with E-state index >= 15 is 0 Å². The summed E-state index contributed by atoms with van der Waals surface area (Å²) in [5.74, 6) is 0.0405. The zero-order valence-electron chi connectivity index (χ0n) is 13.6. The molecule has 1 fully saturated rings. The van der Waals surface area contributed by atoms with Gasteiger partial charge in [-0.2, -0.15) is 5.26 Å². The van der Waals surface area contributed by atoms with E-state index in [0.717, 1.165) is 24.1 Å². The summed E-state index contributed by atoms with van der Waals surface area (Å²) in [7, 11) is 0. The summed E-state index contributed by atoms with van der Waals surface area (Å²) < 4.78 is 2.18. The SMILES string of the molecule is Cc1ccc(C(=O)c2cc(CC#N)n(C3CCCCC3)c2)cc1. The van der Waals surface area contributed by atoms with Crippen molar-refractivity contribution in [2.24, 2.45) is 0 Å². The Balaban J connectivity index is 1.91. The largest absolute Gasteiger partial charge is 0.347 e. The summed E-state index contributed by atoms with van der Waals surface area (Å²) in [6, 6.07) is 12.2. The van der Waals surface area contributed by atoms with Gasteiger partial charge in [0.1, 0.15) is 0 Å². The van der Waals surface area contributed by atoms with Crippen LogP contribution in [0, 0.1) is 18.3 Å². The number of nitrogens with zero attached hydrogens (tertiary/aromatic N) is 2. The van der Waals surface area contributed by atoms with E-state index in [-0.39, 0.29) is 5.78 Å². The molecule has 0 radical (unpaired) electrons. The van der Waals surface area contributed by atoms with Crippen LogP contribution in [0.2, 0.25) is 0 Å². The van der Waals surface area contributed by atoms with Gasteiger partial charge in [0.25, 0.3) is 0 Å². The van der Waals surface area contributed by atoms with Crippen molar-refractivity contribution in [3.63, 3.8) is 0 Å². The number of aromatic nitrogens is 1. The van der Waals surface area contributed by atoms with Gasteiger partial charge in [0, 0.05) is 29.1 Å². The minimum atomic E-state index is 0.0405. The highest BCUT2D eigenvalue weighted by Crippen LogP contribution is 2.30. The van der Waals surface area contributed by atoms with Gasteiger partial charge in [0.15, 0.2) is 5.78 Å². The van der Waals surface area contributed by atoms with Gasteiger partial charge in [-0.25, -0.2) is 0 Å². The number of hydrogen-bond donors (Lipinski definition) is 0. The van der Waals surface area contributed by atoms with E-state index in [4.69, 9.17) is 5.26 Å². The molecule has 1 heterocycles. The van der Waals surface area contributed by atoms with Crippen LogP contribution in [0.1, 0.15) is 65.3 Å². The molecule has 0 saturated heterocycles. The summed E-state index contributed by atoms with van der Waals surface area (Å²) in [5.41, 5.74) is 3.52. The molecule has 3 rings (SSSR count). The molecule has 1 aromatic carbocycles. The Morgan fingerprint density at radius 2 is 1.87 bits per heavy atom. The lowest BCUT2D eigenvalue weighted by atomic mass is 9.95. The van der Waals surface area contributed by atoms with Crippen molar-refractivity contribution in [3.05, 3.63) is 58.9 Å². The van der Waals surface area contributed by atoms with E-state index in [0.29, 0.717) is 23.6 Å². The topological polar surface area (TPSA) is 45.8 Å². The van der Waals surface area contributed by atoms with Crippen molar-refractivity contribution < 1.29 is 4.79 Å². The molecule has 118 valence electrons.